The number of hydrogen-bond acceptors (Lipinski definition) is 4. The van der Waals surface area contributed by atoms with Crippen molar-refractivity contribution in [3.63, 3.8) is 0 Å². The molecule has 1 saturated heterocycles. The van der Waals surface area contributed by atoms with Gasteiger partial charge in [0.1, 0.15) is 20.0 Å². The third-order valence-electron chi connectivity index (χ3n) is 2.09. The fourth-order valence-corrected chi connectivity index (χ4v) is 1.32. The predicted molar refractivity (Wildman–Crippen MR) is 53.2 cm³/mol. The molecule has 0 bridgehead atoms. The first-order chi connectivity index (χ1) is 7.95. The highest BCUT2D eigenvalue weighted by Gasteiger charge is 2.32. The zero-order valence-corrected chi connectivity index (χ0v) is 9.20. The molecular formula is C8H13N3O6. The van der Waals surface area contributed by atoms with E-state index in [0.29, 0.717) is 0 Å². The summed E-state index contributed by atoms with van der Waals surface area (Å²) in [6.07, 6.45) is -3.35. The second-order valence-corrected chi connectivity index (χ2v) is 3.31. The minimum absolute atomic E-state index is 0.134. The molecule has 0 aliphatic carbocycles. The number of carbonyl (C=O) groups excluding carboxylic acids is 1. The summed E-state index contributed by atoms with van der Waals surface area (Å²) in [4.78, 5) is 35.5. The zero-order chi connectivity index (χ0) is 13.0. The van der Waals surface area contributed by atoms with Gasteiger partial charge in [-0.1, -0.05) is 0 Å². The van der Waals surface area contributed by atoms with Gasteiger partial charge in [-0.25, -0.2) is 14.4 Å². The standard InChI is InChI=1S/C8H13N3O6/c1-2-17-8(16)11-4-9(6(12)13)3-10(5-11)7(14)15/h2-5H2,1H3,(H,12,13)(H,14,15). The summed E-state index contributed by atoms with van der Waals surface area (Å²) in [5.41, 5.74) is 0. The van der Waals surface area contributed by atoms with E-state index in [4.69, 9.17) is 10.2 Å². The Morgan fingerprint density at radius 1 is 1.00 bits per heavy atom. The molecule has 0 spiro atoms. The van der Waals surface area contributed by atoms with Crippen LogP contribution >= 0.6 is 0 Å². The lowest BCUT2D eigenvalue weighted by Gasteiger charge is -2.38. The van der Waals surface area contributed by atoms with E-state index in [2.05, 4.69) is 4.74 Å². The fourth-order valence-electron chi connectivity index (χ4n) is 1.32. The highest BCUT2D eigenvalue weighted by Crippen LogP contribution is 2.09. The average Bonchev–Trinajstić information content (AvgIpc) is 2.28. The van der Waals surface area contributed by atoms with Gasteiger partial charge in [0.05, 0.1) is 6.61 Å². The van der Waals surface area contributed by atoms with Gasteiger partial charge in [-0.3, -0.25) is 14.7 Å². The number of rotatable bonds is 1. The Balaban J connectivity index is 2.74. The van der Waals surface area contributed by atoms with E-state index in [1.807, 2.05) is 0 Å². The summed E-state index contributed by atoms with van der Waals surface area (Å²) in [7, 11) is 0. The van der Waals surface area contributed by atoms with Gasteiger partial charge < -0.3 is 14.9 Å². The van der Waals surface area contributed by atoms with Gasteiger partial charge in [-0.05, 0) is 6.92 Å². The molecule has 0 aromatic rings. The summed E-state index contributed by atoms with van der Waals surface area (Å²) in [5.74, 6) is 0. The number of ether oxygens (including phenoxy) is 1. The molecular weight excluding hydrogens is 234 g/mol. The van der Waals surface area contributed by atoms with E-state index in [0.717, 1.165) is 14.7 Å². The van der Waals surface area contributed by atoms with Gasteiger partial charge in [0, 0.05) is 0 Å². The summed E-state index contributed by atoms with van der Waals surface area (Å²) < 4.78 is 4.69. The molecule has 0 radical (unpaired) electrons. The molecule has 0 unspecified atom stereocenters. The van der Waals surface area contributed by atoms with Crippen LogP contribution in [0, 0.1) is 0 Å². The monoisotopic (exact) mass is 247 g/mol. The summed E-state index contributed by atoms with van der Waals surface area (Å²) in [5, 5.41) is 17.6. The Kier molecular flexibility index (Phi) is 3.96. The number of carboxylic acid groups (broad SMARTS) is 2. The van der Waals surface area contributed by atoms with Gasteiger partial charge in [0.15, 0.2) is 0 Å². The molecule has 9 heteroatoms. The van der Waals surface area contributed by atoms with Crippen LogP contribution in [0.4, 0.5) is 14.4 Å². The minimum Gasteiger partial charge on any atom is -0.465 e. The number of nitrogens with zero attached hydrogens (tertiary/aromatic N) is 3. The Bertz CT molecular complexity index is 311. The molecule has 0 aromatic heterocycles. The first kappa shape index (κ1) is 12.9. The number of amides is 3. The Labute approximate surface area is 96.8 Å². The van der Waals surface area contributed by atoms with Crippen molar-refractivity contribution in [3.8, 4) is 0 Å². The molecule has 1 fully saturated rings. The van der Waals surface area contributed by atoms with Crippen molar-refractivity contribution >= 4 is 18.3 Å². The maximum Gasteiger partial charge on any atom is 0.412 e. The molecule has 1 heterocycles. The van der Waals surface area contributed by atoms with Crippen LogP contribution in [-0.2, 0) is 4.74 Å². The van der Waals surface area contributed by atoms with E-state index in [9.17, 15) is 14.4 Å². The normalized spacial score (nSPS) is 15.7. The molecule has 9 nitrogen and oxygen atoms in total. The molecule has 0 atom stereocenters. The van der Waals surface area contributed by atoms with Crippen molar-refractivity contribution in [1.82, 2.24) is 14.7 Å². The molecule has 0 saturated carbocycles. The number of hydrogen-bond donors (Lipinski definition) is 2. The average molecular weight is 247 g/mol. The van der Waals surface area contributed by atoms with Crippen LogP contribution in [-0.4, -0.2) is 69.8 Å². The molecule has 0 aromatic carbocycles. The molecule has 1 aliphatic rings. The first-order valence-corrected chi connectivity index (χ1v) is 4.83. The fraction of sp³-hybridized carbons (Fsp3) is 0.625. The predicted octanol–water partition coefficient (Wildman–Crippen LogP) is 0.291. The van der Waals surface area contributed by atoms with Crippen LogP contribution in [0.3, 0.4) is 0 Å². The third-order valence-corrected chi connectivity index (χ3v) is 2.09. The van der Waals surface area contributed by atoms with Crippen LogP contribution in [0.5, 0.6) is 0 Å². The quantitative estimate of drug-likeness (QED) is 0.689. The minimum atomic E-state index is -1.30. The van der Waals surface area contributed by atoms with Crippen molar-refractivity contribution in [2.24, 2.45) is 0 Å². The van der Waals surface area contributed by atoms with Gasteiger partial charge in [0.25, 0.3) is 0 Å². The molecule has 17 heavy (non-hydrogen) atoms. The lowest BCUT2D eigenvalue weighted by molar-refractivity contribution is -0.00997. The van der Waals surface area contributed by atoms with Crippen LogP contribution in [0.25, 0.3) is 0 Å². The third kappa shape index (κ3) is 3.13. The SMILES string of the molecule is CCOC(=O)N1CN(C(=O)O)CN(C(=O)O)C1. The van der Waals surface area contributed by atoms with E-state index >= 15 is 0 Å². The van der Waals surface area contributed by atoms with Gasteiger partial charge in [-0.15, -0.1) is 0 Å². The molecule has 96 valence electrons. The maximum absolute atomic E-state index is 11.4. The van der Waals surface area contributed by atoms with Crippen LogP contribution in [0.1, 0.15) is 6.92 Å². The second kappa shape index (κ2) is 5.23. The van der Waals surface area contributed by atoms with Crippen molar-refractivity contribution in [2.75, 3.05) is 26.6 Å². The van der Waals surface area contributed by atoms with Gasteiger partial charge in [0.2, 0.25) is 0 Å². The smallest absolute Gasteiger partial charge is 0.412 e. The number of carbonyl (C=O) groups is 3. The topological polar surface area (TPSA) is 111 Å². The van der Waals surface area contributed by atoms with Crippen LogP contribution in [0.2, 0.25) is 0 Å². The summed E-state index contributed by atoms with van der Waals surface area (Å²) in [6.45, 7) is 1.03. The lowest BCUT2D eigenvalue weighted by atomic mass is 10.5. The largest absolute Gasteiger partial charge is 0.465 e. The molecule has 2 N–H and O–H groups in total. The second-order valence-electron chi connectivity index (χ2n) is 3.31. The Hall–Kier alpha value is -2.19. The Morgan fingerprint density at radius 2 is 1.41 bits per heavy atom. The van der Waals surface area contributed by atoms with Crippen molar-refractivity contribution in [1.29, 1.82) is 0 Å². The first-order valence-electron chi connectivity index (χ1n) is 4.83. The van der Waals surface area contributed by atoms with E-state index in [1.165, 1.54) is 0 Å². The van der Waals surface area contributed by atoms with Crippen LogP contribution < -0.4 is 0 Å². The molecule has 1 aliphatic heterocycles. The van der Waals surface area contributed by atoms with Gasteiger partial charge >= 0.3 is 18.3 Å². The van der Waals surface area contributed by atoms with E-state index < -0.39 is 18.3 Å². The van der Waals surface area contributed by atoms with Crippen molar-refractivity contribution in [3.05, 3.63) is 0 Å². The van der Waals surface area contributed by atoms with Crippen LogP contribution in [0.15, 0.2) is 0 Å². The molecule has 3 amide bonds. The molecule has 1 rings (SSSR count). The summed E-state index contributed by atoms with van der Waals surface area (Å²) >= 11 is 0. The van der Waals surface area contributed by atoms with Crippen molar-refractivity contribution in [2.45, 2.75) is 6.92 Å². The van der Waals surface area contributed by atoms with Crippen molar-refractivity contribution < 1.29 is 29.3 Å². The summed E-state index contributed by atoms with van der Waals surface area (Å²) in [6, 6.07) is 0. The highest BCUT2D eigenvalue weighted by molar-refractivity contribution is 5.72. The Morgan fingerprint density at radius 3 is 1.76 bits per heavy atom. The maximum atomic E-state index is 11.4. The van der Waals surface area contributed by atoms with Gasteiger partial charge in [-0.2, -0.15) is 0 Å². The highest BCUT2D eigenvalue weighted by atomic mass is 16.6. The lowest BCUT2D eigenvalue weighted by Crippen LogP contribution is -2.59. The van der Waals surface area contributed by atoms with E-state index in [1.54, 1.807) is 6.92 Å². The van der Waals surface area contributed by atoms with E-state index in [-0.39, 0.29) is 26.6 Å². The zero-order valence-electron chi connectivity index (χ0n) is 9.20.